The van der Waals surface area contributed by atoms with Crippen molar-refractivity contribution in [3.63, 3.8) is 0 Å². The Hall–Kier alpha value is -4.22. The molecule has 2 aromatic carbocycles. The molecule has 11 heteroatoms. The molecule has 2 fully saturated rings. The zero-order chi connectivity index (χ0) is 26.5. The summed E-state index contributed by atoms with van der Waals surface area (Å²) in [5.74, 6) is 1.08. The SMILES string of the molecule is CC(=O)c1ccc(NC(=O)N2CCN(c3nc(Nc4ccc(C5CNCCO5)cc4)ncc3N)CC2)cc1. The first-order valence-electron chi connectivity index (χ1n) is 12.7. The maximum absolute atomic E-state index is 12.7. The Bertz CT molecular complexity index is 1270. The molecular weight excluding hydrogens is 484 g/mol. The number of anilines is 5. The molecule has 0 bridgehead atoms. The van der Waals surface area contributed by atoms with E-state index >= 15 is 0 Å². The molecule has 3 aromatic rings. The number of nitrogens with zero attached hydrogens (tertiary/aromatic N) is 4. The van der Waals surface area contributed by atoms with Crippen LogP contribution in [0.2, 0.25) is 0 Å². The predicted molar refractivity (Wildman–Crippen MR) is 147 cm³/mol. The van der Waals surface area contributed by atoms with Crippen molar-refractivity contribution >= 4 is 40.6 Å². The van der Waals surface area contributed by atoms with Crippen LogP contribution < -0.4 is 26.6 Å². The molecule has 1 atom stereocenters. The van der Waals surface area contributed by atoms with E-state index in [1.165, 1.54) is 6.92 Å². The topological polar surface area (TPSA) is 138 Å². The van der Waals surface area contributed by atoms with E-state index in [0.717, 1.165) is 24.3 Å². The molecule has 0 spiro atoms. The van der Waals surface area contributed by atoms with Crippen LogP contribution in [0.15, 0.2) is 54.7 Å². The molecule has 3 heterocycles. The highest BCUT2D eigenvalue weighted by Gasteiger charge is 2.24. The van der Waals surface area contributed by atoms with Gasteiger partial charge >= 0.3 is 6.03 Å². The molecule has 0 aliphatic carbocycles. The van der Waals surface area contributed by atoms with Crippen molar-refractivity contribution in [2.75, 3.05) is 67.1 Å². The number of amides is 2. The van der Waals surface area contributed by atoms with E-state index in [2.05, 4.69) is 30.8 Å². The fraction of sp³-hybridized carbons (Fsp3) is 0.333. The van der Waals surface area contributed by atoms with Crippen LogP contribution >= 0.6 is 0 Å². The number of urea groups is 1. The molecule has 2 aliphatic rings. The summed E-state index contributed by atoms with van der Waals surface area (Å²) < 4.78 is 5.82. The van der Waals surface area contributed by atoms with Crippen LogP contribution in [0.1, 0.15) is 28.9 Å². The lowest BCUT2D eigenvalue weighted by atomic mass is 10.1. The number of hydrogen-bond acceptors (Lipinski definition) is 9. The Morgan fingerprint density at radius 3 is 2.39 bits per heavy atom. The van der Waals surface area contributed by atoms with Gasteiger partial charge in [-0.05, 0) is 48.9 Å². The van der Waals surface area contributed by atoms with E-state index in [0.29, 0.717) is 61.5 Å². The van der Waals surface area contributed by atoms with Gasteiger partial charge in [-0.15, -0.1) is 0 Å². The molecule has 2 aliphatic heterocycles. The summed E-state index contributed by atoms with van der Waals surface area (Å²) in [4.78, 5) is 37.0. The van der Waals surface area contributed by atoms with Crippen molar-refractivity contribution in [2.45, 2.75) is 13.0 Å². The van der Waals surface area contributed by atoms with Crippen molar-refractivity contribution in [3.05, 3.63) is 65.9 Å². The third-order valence-corrected chi connectivity index (χ3v) is 6.67. The highest BCUT2D eigenvalue weighted by atomic mass is 16.5. The van der Waals surface area contributed by atoms with Gasteiger partial charge in [-0.1, -0.05) is 12.1 Å². The second-order valence-electron chi connectivity index (χ2n) is 9.32. The number of nitrogens with two attached hydrogens (primary N) is 1. The van der Waals surface area contributed by atoms with Crippen LogP contribution in [0, 0.1) is 0 Å². The standard InChI is InChI=1S/C27H32N8O3/c1-18(36)19-2-6-22(7-3-19)32-27(37)35-13-11-34(12-14-35)25-23(28)16-30-26(33-25)31-21-8-4-20(5-9-21)24-17-29-10-15-38-24/h2-9,16,24,29H,10-15,17,28H2,1H3,(H,32,37)(H,30,31,33). The number of rotatable bonds is 6. The Morgan fingerprint density at radius 2 is 1.74 bits per heavy atom. The number of morpholine rings is 1. The minimum atomic E-state index is -0.184. The van der Waals surface area contributed by atoms with Crippen LogP contribution in [0.3, 0.4) is 0 Å². The van der Waals surface area contributed by atoms with Crippen LogP contribution in [-0.4, -0.2) is 72.6 Å². The van der Waals surface area contributed by atoms with Crippen LogP contribution in [-0.2, 0) is 4.74 Å². The van der Waals surface area contributed by atoms with Gasteiger partial charge in [0.15, 0.2) is 11.6 Å². The quantitative estimate of drug-likeness (QED) is 0.364. The molecular formula is C27H32N8O3. The molecule has 2 amide bonds. The van der Waals surface area contributed by atoms with Gasteiger partial charge in [0.05, 0.1) is 24.6 Å². The summed E-state index contributed by atoms with van der Waals surface area (Å²) in [7, 11) is 0. The molecule has 1 aromatic heterocycles. The highest BCUT2D eigenvalue weighted by molar-refractivity contribution is 5.95. The number of nitrogens with one attached hydrogen (secondary N) is 3. The number of ether oxygens (including phenoxy) is 1. The van der Waals surface area contributed by atoms with E-state index in [4.69, 9.17) is 10.5 Å². The van der Waals surface area contributed by atoms with Gasteiger partial charge in [-0.25, -0.2) is 9.78 Å². The lowest BCUT2D eigenvalue weighted by molar-refractivity contribution is 0.0277. The van der Waals surface area contributed by atoms with E-state index in [9.17, 15) is 9.59 Å². The Morgan fingerprint density at radius 1 is 1.03 bits per heavy atom. The van der Waals surface area contributed by atoms with E-state index < -0.39 is 0 Å². The van der Waals surface area contributed by atoms with E-state index in [1.54, 1.807) is 35.4 Å². The number of benzene rings is 2. The number of ketones is 1. The largest absolute Gasteiger partial charge is 0.394 e. The second-order valence-corrected chi connectivity index (χ2v) is 9.32. The molecule has 198 valence electrons. The van der Waals surface area contributed by atoms with Gasteiger partial charge in [0.2, 0.25) is 5.95 Å². The average molecular weight is 517 g/mol. The van der Waals surface area contributed by atoms with Crippen molar-refractivity contribution in [2.24, 2.45) is 0 Å². The van der Waals surface area contributed by atoms with Gasteiger partial charge in [0.1, 0.15) is 0 Å². The molecule has 5 rings (SSSR count). The molecule has 1 unspecified atom stereocenters. The maximum Gasteiger partial charge on any atom is 0.321 e. The lowest BCUT2D eigenvalue weighted by Crippen LogP contribution is -2.50. The summed E-state index contributed by atoms with van der Waals surface area (Å²) >= 11 is 0. The fourth-order valence-electron chi connectivity index (χ4n) is 4.50. The Balaban J connectivity index is 1.17. The minimum absolute atomic E-state index is 0.0122. The summed E-state index contributed by atoms with van der Waals surface area (Å²) in [6, 6.07) is 14.7. The molecule has 5 N–H and O–H groups in total. The minimum Gasteiger partial charge on any atom is -0.394 e. The first-order valence-corrected chi connectivity index (χ1v) is 12.7. The summed E-state index contributed by atoms with van der Waals surface area (Å²) in [6.45, 7) is 6.11. The monoisotopic (exact) mass is 516 g/mol. The Kier molecular flexibility index (Phi) is 7.66. The molecule has 0 radical (unpaired) electrons. The number of nitrogen functional groups attached to an aromatic ring is 1. The van der Waals surface area contributed by atoms with Crippen molar-refractivity contribution < 1.29 is 14.3 Å². The van der Waals surface area contributed by atoms with E-state index in [1.807, 2.05) is 24.3 Å². The zero-order valence-corrected chi connectivity index (χ0v) is 21.3. The van der Waals surface area contributed by atoms with Gasteiger partial charge in [0, 0.05) is 56.2 Å². The van der Waals surface area contributed by atoms with Crippen LogP contribution in [0.25, 0.3) is 0 Å². The number of carbonyl (C=O) groups is 2. The smallest absolute Gasteiger partial charge is 0.321 e. The third-order valence-electron chi connectivity index (χ3n) is 6.67. The maximum atomic E-state index is 12.7. The van der Waals surface area contributed by atoms with Crippen molar-refractivity contribution in [1.29, 1.82) is 0 Å². The highest BCUT2D eigenvalue weighted by Crippen LogP contribution is 2.25. The molecule has 0 saturated carbocycles. The first-order chi connectivity index (χ1) is 18.5. The van der Waals surface area contributed by atoms with Crippen LogP contribution in [0.4, 0.5) is 33.6 Å². The fourth-order valence-corrected chi connectivity index (χ4v) is 4.50. The van der Waals surface area contributed by atoms with Crippen molar-refractivity contribution in [3.8, 4) is 0 Å². The average Bonchev–Trinajstić information content (AvgIpc) is 2.95. The molecule has 11 nitrogen and oxygen atoms in total. The summed E-state index contributed by atoms with van der Waals surface area (Å²) in [6.07, 6.45) is 1.66. The Labute approximate surface area is 221 Å². The summed E-state index contributed by atoms with van der Waals surface area (Å²) in [5, 5.41) is 9.48. The number of piperazine rings is 1. The van der Waals surface area contributed by atoms with E-state index in [-0.39, 0.29) is 17.9 Å². The lowest BCUT2D eigenvalue weighted by Gasteiger charge is -2.35. The number of aromatic nitrogens is 2. The van der Waals surface area contributed by atoms with Gasteiger partial charge in [-0.2, -0.15) is 4.98 Å². The predicted octanol–water partition coefficient (Wildman–Crippen LogP) is 3.02. The molecule has 2 saturated heterocycles. The normalized spacial score (nSPS) is 17.7. The number of hydrogen-bond donors (Lipinski definition) is 4. The van der Waals surface area contributed by atoms with Gasteiger partial charge < -0.3 is 36.2 Å². The van der Waals surface area contributed by atoms with Gasteiger partial charge in [0.25, 0.3) is 0 Å². The first kappa shape index (κ1) is 25.4. The van der Waals surface area contributed by atoms with Gasteiger partial charge in [-0.3, -0.25) is 4.79 Å². The zero-order valence-electron chi connectivity index (χ0n) is 21.3. The third kappa shape index (κ3) is 6.01. The number of Topliss-reactive ketones (excluding diaryl/α,β-unsaturated/α-hetero) is 1. The van der Waals surface area contributed by atoms with Crippen LogP contribution in [0.5, 0.6) is 0 Å². The number of carbonyl (C=O) groups excluding carboxylic acids is 2. The molecule has 38 heavy (non-hydrogen) atoms. The second kappa shape index (κ2) is 11.4. The summed E-state index contributed by atoms with van der Waals surface area (Å²) in [5.41, 5.74) is 9.94. The van der Waals surface area contributed by atoms with Crippen molar-refractivity contribution in [1.82, 2.24) is 20.2 Å².